The van der Waals surface area contributed by atoms with E-state index in [1.165, 1.54) is 20.0 Å². The van der Waals surface area contributed by atoms with E-state index in [2.05, 4.69) is 10.3 Å². The van der Waals surface area contributed by atoms with Gasteiger partial charge in [0.05, 0.1) is 17.7 Å². The molecule has 0 bridgehead atoms. The molecule has 0 aliphatic carbocycles. The van der Waals surface area contributed by atoms with Gasteiger partial charge in [0.15, 0.2) is 17.1 Å². The van der Waals surface area contributed by atoms with E-state index in [1.54, 1.807) is 35.4 Å². The summed E-state index contributed by atoms with van der Waals surface area (Å²) < 4.78 is 23.2. The molecule has 0 spiro atoms. The van der Waals surface area contributed by atoms with Crippen molar-refractivity contribution in [2.75, 3.05) is 18.5 Å². The number of rotatable bonds is 3. The first-order valence-corrected chi connectivity index (χ1v) is 8.28. The summed E-state index contributed by atoms with van der Waals surface area (Å²) in [4.78, 5) is 28.2. The minimum absolute atomic E-state index is 0.235. The lowest BCUT2D eigenvalue weighted by Crippen LogP contribution is -2.42. The summed E-state index contributed by atoms with van der Waals surface area (Å²) in [6, 6.07) is 3.52. The van der Waals surface area contributed by atoms with Crippen LogP contribution in [0.25, 0.3) is 5.69 Å². The number of fused-ring (bicyclic) bond motifs is 1. The fourth-order valence-corrected chi connectivity index (χ4v) is 2.74. The Kier molecular flexibility index (Phi) is 3.98. The molecule has 2 aromatic rings. The van der Waals surface area contributed by atoms with Gasteiger partial charge in [-0.15, -0.1) is 0 Å². The zero-order valence-electron chi connectivity index (χ0n) is 14.7. The van der Waals surface area contributed by atoms with E-state index in [0.717, 1.165) is 0 Å². The number of nitrogens with zero attached hydrogens (tertiary/aromatic N) is 2. The molecule has 1 fully saturated rings. The minimum Gasteiger partial charge on any atom is -0.486 e. The number of hydrogen-bond donors (Lipinski definition) is 1. The number of carbonyl (C=O) groups is 2. The third-order valence-electron chi connectivity index (χ3n) is 3.93. The largest absolute Gasteiger partial charge is 0.486 e. The molecule has 140 valence electrons. The van der Waals surface area contributed by atoms with Crippen molar-refractivity contribution in [3.63, 3.8) is 0 Å². The molecule has 3 heterocycles. The van der Waals surface area contributed by atoms with Gasteiger partial charge in [-0.1, -0.05) is 0 Å². The maximum Gasteiger partial charge on any atom is 0.350 e. The van der Waals surface area contributed by atoms with Crippen LogP contribution in [-0.4, -0.2) is 40.5 Å². The summed E-state index contributed by atoms with van der Waals surface area (Å²) >= 11 is 0. The van der Waals surface area contributed by atoms with Crippen LogP contribution in [0.2, 0.25) is 0 Å². The molecule has 0 unspecified atom stereocenters. The van der Waals surface area contributed by atoms with E-state index < -0.39 is 17.7 Å². The van der Waals surface area contributed by atoms with Crippen molar-refractivity contribution in [1.29, 1.82) is 0 Å². The van der Waals surface area contributed by atoms with E-state index in [0.29, 0.717) is 36.1 Å². The molecule has 0 saturated carbocycles. The van der Waals surface area contributed by atoms with Crippen molar-refractivity contribution in [3.05, 3.63) is 42.6 Å². The van der Waals surface area contributed by atoms with Crippen LogP contribution in [0.15, 0.2) is 42.6 Å². The first-order valence-electron chi connectivity index (χ1n) is 8.28. The van der Waals surface area contributed by atoms with Crippen LogP contribution in [0.5, 0.6) is 11.5 Å². The Labute approximate surface area is 154 Å². The van der Waals surface area contributed by atoms with Crippen LogP contribution in [0.3, 0.4) is 0 Å². The molecule has 2 aliphatic rings. The highest BCUT2D eigenvalue weighted by molar-refractivity contribution is 6.15. The zero-order chi connectivity index (χ0) is 19.0. The SMILES string of the molecule is CC1(C)OC(=O)C(=CNc2cc3c(cc2-n2ccnc2)OCCO3)C(=O)O1. The monoisotopic (exact) mass is 371 g/mol. The van der Waals surface area contributed by atoms with Crippen molar-refractivity contribution < 1.29 is 28.5 Å². The van der Waals surface area contributed by atoms with Gasteiger partial charge in [-0.3, -0.25) is 0 Å². The standard InChI is InChI=1S/C18H17N3O6/c1-18(2)26-16(22)11(17(23)27-18)9-20-12-7-14-15(25-6-5-24-14)8-13(12)21-4-3-19-10-21/h3-4,7-10,20H,5-6H2,1-2H3. The number of imidazole rings is 1. The average Bonchev–Trinajstić information content (AvgIpc) is 3.13. The number of esters is 2. The van der Waals surface area contributed by atoms with Crippen LogP contribution >= 0.6 is 0 Å². The third kappa shape index (κ3) is 3.31. The highest BCUT2D eigenvalue weighted by Crippen LogP contribution is 2.37. The van der Waals surface area contributed by atoms with E-state index in [1.807, 2.05) is 0 Å². The van der Waals surface area contributed by atoms with Gasteiger partial charge in [0, 0.05) is 44.6 Å². The average molecular weight is 371 g/mol. The zero-order valence-corrected chi connectivity index (χ0v) is 14.7. The second kappa shape index (κ2) is 6.35. The maximum atomic E-state index is 12.1. The molecular weight excluding hydrogens is 354 g/mol. The van der Waals surface area contributed by atoms with Gasteiger partial charge in [0.25, 0.3) is 5.79 Å². The molecule has 0 amide bonds. The highest BCUT2D eigenvalue weighted by Gasteiger charge is 2.39. The predicted octanol–water partition coefficient (Wildman–Crippen LogP) is 1.78. The summed E-state index contributed by atoms with van der Waals surface area (Å²) in [5.74, 6) is -1.65. The van der Waals surface area contributed by atoms with Crippen molar-refractivity contribution >= 4 is 17.6 Å². The van der Waals surface area contributed by atoms with Gasteiger partial charge in [-0.25, -0.2) is 14.6 Å². The van der Waals surface area contributed by atoms with Gasteiger partial charge in [0.1, 0.15) is 13.2 Å². The number of cyclic esters (lactones) is 2. The van der Waals surface area contributed by atoms with Gasteiger partial charge >= 0.3 is 11.9 Å². The Balaban J connectivity index is 1.69. The Morgan fingerprint density at radius 3 is 2.41 bits per heavy atom. The molecule has 0 radical (unpaired) electrons. The van der Waals surface area contributed by atoms with Gasteiger partial charge < -0.3 is 28.8 Å². The molecule has 0 atom stereocenters. The second-order valence-electron chi connectivity index (χ2n) is 6.36. The fraction of sp³-hybridized carbons (Fsp3) is 0.278. The Morgan fingerprint density at radius 1 is 1.11 bits per heavy atom. The van der Waals surface area contributed by atoms with E-state index >= 15 is 0 Å². The number of carbonyl (C=O) groups excluding carboxylic acids is 2. The molecule has 1 N–H and O–H groups in total. The number of benzene rings is 1. The lowest BCUT2D eigenvalue weighted by Gasteiger charge is -2.29. The van der Waals surface area contributed by atoms with E-state index in [-0.39, 0.29) is 5.57 Å². The van der Waals surface area contributed by atoms with Gasteiger partial charge in [0.2, 0.25) is 0 Å². The molecule has 27 heavy (non-hydrogen) atoms. The molecular formula is C18H17N3O6. The van der Waals surface area contributed by atoms with Crippen molar-refractivity contribution in [3.8, 4) is 17.2 Å². The molecule has 1 saturated heterocycles. The van der Waals surface area contributed by atoms with Gasteiger partial charge in [-0.2, -0.15) is 0 Å². The normalized spacial score (nSPS) is 17.8. The van der Waals surface area contributed by atoms with Crippen LogP contribution < -0.4 is 14.8 Å². The van der Waals surface area contributed by atoms with Crippen molar-refractivity contribution in [1.82, 2.24) is 9.55 Å². The summed E-state index contributed by atoms with van der Waals surface area (Å²) in [7, 11) is 0. The van der Waals surface area contributed by atoms with Gasteiger partial charge in [-0.05, 0) is 0 Å². The lowest BCUT2D eigenvalue weighted by molar-refractivity contribution is -0.222. The topological polar surface area (TPSA) is 101 Å². The number of hydrogen-bond acceptors (Lipinski definition) is 8. The molecule has 4 rings (SSSR count). The van der Waals surface area contributed by atoms with Crippen molar-refractivity contribution in [2.24, 2.45) is 0 Å². The van der Waals surface area contributed by atoms with Crippen LogP contribution in [-0.2, 0) is 19.1 Å². The molecule has 1 aromatic heterocycles. The second-order valence-corrected chi connectivity index (χ2v) is 6.36. The molecule has 1 aromatic carbocycles. The first-order chi connectivity index (χ1) is 12.9. The summed E-state index contributed by atoms with van der Waals surface area (Å²) in [6.07, 6.45) is 6.27. The Morgan fingerprint density at radius 2 is 1.78 bits per heavy atom. The number of ether oxygens (including phenoxy) is 4. The molecule has 9 heteroatoms. The van der Waals surface area contributed by atoms with Crippen LogP contribution in [0, 0.1) is 0 Å². The van der Waals surface area contributed by atoms with Crippen LogP contribution in [0.1, 0.15) is 13.8 Å². The lowest BCUT2D eigenvalue weighted by atomic mass is 10.2. The number of nitrogens with one attached hydrogen (secondary N) is 1. The Hall–Kier alpha value is -3.49. The predicted molar refractivity (Wildman–Crippen MR) is 92.5 cm³/mol. The smallest absolute Gasteiger partial charge is 0.350 e. The fourth-order valence-electron chi connectivity index (χ4n) is 2.74. The summed E-state index contributed by atoms with van der Waals surface area (Å²) in [5, 5.41) is 2.96. The minimum atomic E-state index is -1.29. The Bertz CT molecular complexity index is 911. The number of anilines is 1. The summed E-state index contributed by atoms with van der Waals surface area (Å²) in [5.41, 5.74) is 1.04. The quantitative estimate of drug-likeness (QED) is 0.495. The highest BCUT2D eigenvalue weighted by atomic mass is 16.7. The number of aromatic nitrogens is 2. The molecule has 9 nitrogen and oxygen atoms in total. The summed E-state index contributed by atoms with van der Waals surface area (Å²) in [6.45, 7) is 3.88. The van der Waals surface area contributed by atoms with E-state index in [4.69, 9.17) is 18.9 Å². The molecule has 2 aliphatic heterocycles. The maximum absolute atomic E-state index is 12.1. The van der Waals surface area contributed by atoms with Crippen LogP contribution in [0.4, 0.5) is 5.69 Å². The first kappa shape index (κ1) is 17.0. The van der Waals surface area contributed by atoms with Crippen molar-refractivity contribution in [2.45, 2.75) is 19.6 Å². The van der Waals surface area contributed by atoms with E-state index in [9.17, 15) is 9.59 Å². The third-order valence-corrected chi connectivity index (χ3v) is 3.93.